The van der Waals surface area contributed by atoms with E-state index in [-0.39, 0.29) is 5.60 Å². The van der Waals surface area contributed by atoms with Gasteiger partial charge in [0.15, 0.2) is 5.96 Å². The van der Waals surface area contributed by atoms with Crippen molar-refractivity contribution in [2.75, 3.05) is 26.8 Å². The van der Waals surface area contributed by atoms with Crippen molar-refractivity contribution >= 4 is 5.96 Å². The summed E-state index contributed by atoms with van der Waals surface area (Å²) in [5, 5.41) is 6.55. The van der Waals surface area contributed by atoms with Crippen LogP contribution in [0.25, 0.3) is 0 Å². The van der Waals surface area contributed by atoms with Crippen molar-refractivity contribution in [3.8, 4) is 5.88 Å². The number of aliphatic imine (C=N–C) groups is 1. The van der Waals surface area contributed by atoms with Crippen LogP contribution < -0.4 is 15.4 Å². The van der Waals surface area contributed by atoms with E-state index in [2.05, 4.69) is 27.5 Å². The molecule has 1 aromatic heterocycles. The quantitative estimate of drug-likeness (QED) is 0.391. The maximum Gasteiger partial charge on any atom is 0.218 e. The molecular formula is C18H32N4O2. The molecule has 2 N–H and O–H groups in total. The SMILES string of the molecule is CCCCOc1ncccc1CN=C(NCC)NCC(C)(C)OC. The van der Waals surface area contributed by atoms with E-state index < -0.39 is 0 Å². The smallest absolute Gasteiger partial charge is 0.218 e. The number of nitrogens with one attached hydrogen (secondary N) is 2. The highest BCUT2D eigenvalue weighted by molar-refractivity contribution is 5.79. The molecule has 0 spiro atoms. The number of methoxy groups -OCH3 is 1. The van der Waals surface area contributed by atoms with Gasteiger partial charge in [-0.15, -0.1) is 0 Å². The summed E-state index contributed by atoms with van der Waals surface area (Å²) in [7, 11) is 1.71. The average molecular weight is 336 g/mol. The molecule has 1 heterocycles. The first-order valence-corrected chi connectivity index (χ1v) is 8.66. The highest BCUT2D eigenvalue weighted by Crippen LogP contribution is 2.15. The molecule has 0 saturated carbocycles. The van der Waals surface area contributed by atoms with E-state index in [9.17, 15) is 0 Å². The number of rotatable bonds is 10. The van der Waals surface area contributed by atoms with Gasteiger partial charge in [0.2, 0.25) is 5.88 Å². The lowest BCUT2D eigenvalue weighted by Gasteiger charge is -2.24. The molecule has 136 valence electrons. The van der Waals surface area contributed by atoms with E-state index in [1.54, 1.807) is 13.3 Å². The van der Waals surface area contributed by atoms with Gasteiger partial charge >= 0.3 is 0 Å². The number of unbranched alkanes of at least 4 members (excludes halogenated alkanes) is 1. The van der Waals surface area contributed by atoms with Gasteiger partial charge in [-0.25, -0.2) is 9.98 Å². The fourth-order valence-electron chi connectivity index (χ4n) is 1.86. The number of aromatic nitrogens is 1. The summed E-state index contributed by atoms with van der Waals surface area (Å²) >= 11 is 0. The zero-order valence-electron chi connectivity index (χ0n) is 15.7. The van der Waals surface area contributed by atoms with Crippen LogP contribution in [-0.2, 0) is 11.3 Å². The molecule has 1 aromatic rings. The minimum absolute atomic E-state index is 0.251. The maximum absolute atomic E-state index is 5.76. The molecular weight excluding hydrogens is 304 g/mol. The van der Waals surface area contributed by atoms with Gasteiger partial charge in [0.25, 0.3) is 0 Å². The van der Waals surface area contributed by atoms with E-state index in [1.807, 2.05) is 32.9 Å². The molecule has 0 saturated heterocycles. The topological polar surface area (TPSA) is 67.8 Å². The van der Waals surface area contributed by atoms with Crippen LogP contribution in [0.1, 0.15) is 46.1 Å². The molecule has 0 amide bonds. The Labute approximate surface area is 146 Å². The van der Waals surface area contributed by atoms with Crippen molar-refractivity contribution in [2.45, 2.75) is 52.7 Å². The number of hydrogen-bond donors (Lipinski definition) is 2. The first-order valence-electron chi connectivity index (χ1n) is 8.66. The van der Waals surface area contributed by atoms with Crippen molar-refractivity contribution in [1.82, 2.24) is 15.6 Å². The van der Waals surface area contributed by atoms with Crippen molar-refractivity contribution in [3.63, 3.8) is 0 Å². The molecule has 0 atom stereocenters. The standard InChI is InChI=1S/C18H32N4O2/c1-6-8-12-24-16-15(10-9-11-20-16)13-21-17(19-7-2)22-14-18(3,4)23-5/h9-11H,6-8,12-14H2,1-5H3,(H2,19,21,22). The third-order valence-corrected chi connectivity index (χ3v) is 3.57. The summed E-state index contributed by atoms with van der Waals surface area (Å²) in [6.45, 7) is 10.9. The number of hydrogen-bond acceptors (Lipinski definition) is 4. The van der Waals surface area contributed by atoms with E-state index in [4.69, 9.17) is 9.47 Å². The predicted octanol–water partition coefficient (Wildman–Crippen LogP) is 2.74. The second-order valence-corrected chi connectivity index (χ2v) is 6.18. The monoisotopic (exact) mass is 336 g/mol. The Kier molecular flexibility index (Phi) is 9.15. The summed E-state index contributed by atoms with van der Waals surface area (Å²) in [5.74, 6) is 1.42. The fraction of sp³-hybridized carbons (Fsp3) is 0.667. The average Bonchev–Trinajstić information content (AvgIpc) is 2.58. The van der Waals surface area contributed by atoms with Crippen LogP contribution in [0, 0.1) is 0 Å². The predicted molar refractivity (Wildman–Crippen MR) is 98.5 cm³/mol. The van der Waals surface area contributed by atoms with Crippen molar-refractivity contribution in [1.29, 1.82) is 0 Å². The van der Waals surface area contributed by atoms with Crippen LogP contribution in [-0.4, -0.2) is 43.4 Å². The van der Waals surface area contributed by atoms with Gasteiger partial charge in [-0.05, 0) is 33.3 Å². The maximum atomic E-state index is 5.76. The molecule has 0 aromatic carbocycles. The molecule has 0 fully saturated rings. The molecule has 6 nitrogen and oxygen atoms in total. The number of pyridine rings is 1. The molecule has 0 radical (unpaired) electrons. The highest BCUT2D eigenvalue weighted by Gasteiger charge is 2.16. The molecule has 1 rings (SSSR count). The second-order valence-electron chi connectivity index (χ2n) is 6.18. The van der Waals surface area contributed by atoms with Gasteiger partial charge in [-0.3, -0.25) is 0 Å². The summed E-state index contributed by atoms with van der Waals surface area (Å²) in [4.78, 5) is 8.95. The minimum atomic E-state index is -0.251. The van der Waals surface area contributed by atoms with Crippen LogP contribution in [0.15, 0.2) is 23.3 Å². The lowest BCUT2D eigenvalue weighted by atomic mass is 10.1. The molecule has 0 aliphatic rings. The lowest BCUT2D eigenvalue weighted by molar-refractivity contribution is 0.0268. The third-order valence-electron chi connectivity index (χ3n) is 3.57. The molecule has 0 aliphatic heterocycles. The number of nitrogens with zero attached hydrogens (tertiary/aromatic N) is 2. The molecule has 24 heavy (non-hydrogen) atoms. The first-order chi connectivity index (χ1) is 11.5. The molecule has 0 aliphatic carbocycles. The van der Waals surface area contributed by atoms with Crippen LogP contribution in [0.3, 0.4) is 0 Å². The lowest BCUT2D eigenvalue weighted by Crippen LogP contribution is -2.45. The summed E-state index contributed by atoms with van der Waals surface area (Å²) in [6.07, 6.45) is 3.87. The van der Waals surface area contributed by atoms with Crippen molar-refractivity contribution in [3.05, 3.63) is 23.9 Å². The highest BCUT2D eigenvalue weighted by atomic mass is 16.5. The third kappa shape index (κ3) is 7.64. The van der Waals surface area contributed by atoms with Crippen molar-refractivity contribution < 1.29 is 9.47 Å². The summed E-state index contributed by atoms with van der Waals surface area (Å²) < 4.78 is 11.2. The Morgan fingerprint density at radius 2 is 2.08 bits per heavy atom. The molecule has 6 heteroatoms. The number of guanidine groups is 1. The van der Waals surface area contributed by atoms with Gasteiger partial charge in [-0.1, -0.05) is 19.4 Å². The van der Waals surface area contributed by atoms with Gasteiger partial charge in [0.05, 0.1) is 18.8 Å². The van der Waals surface area contributed by atoms with E-state index >= 15 is 0 Å². The fourth-order valence-corrected chi connectivity index (χ4v) is 1.86. The Morgan fingerprint density at radius 1 is 1.29 bits per heavy atom. The van der Waals surface area contributed by atoms with Crippen LogP contribution >= 0.6 is 0 Å². The summed E-state index contributed by atoms with van der Waals surface area (Å²) in [6, 6.07) is 3.91. The zero-order valence-corrected chi connectivity index (χ0v) is 15.7. The van der Waals surface area contributed by atoms with Gasteiger partial charge in [0, 0.05) is 32.0 Å². The van der Waals surface area contributed by atoms with Gasteiger partial charge < -0.3 is 20.1 Å². The molecule has 0 bridgehead atoms. The van der Waals surface area contributed by atoms with Crippen LogP contribution in [0.4, 0.5) is 0 Å². The first kappa shape index (κ1) is 20.2. The van der Waals surface area contributed by atoms with E-state index in [1.165, 1.54) is 0 Å². The zero-order chi connectivity index (χ0) is 17.8. The summed E-state index contributed by atoms with van der Waals surface area (Å²) in [5.41, 5.74) is 0.732. The second kappa shape index (κ2) is 10.9. The Balaban J connectivity index is 2.71. The minimum Gasteiger partial charge on any atom is -0.477 e. The van der Waals surface area contributed by atoms with Gasteiger partial charge in [-0.2, -0.15) is 0 Å². The van der Waals surface area contributed by atoms with E-state index in [0.29, 0.717) is 25.6 Å². The van der Waals surface area contributed by atoms with E-state index in [0.717, 1.165) is 30.9 Å². The van der Waals surface area contributed by atoms with Crippen LogP contribution in [0.2, 0.25) is 0 Å². The Hall–Kier alpha value is -1.82. The number of ether oxygens (including phenoxy) is 2. The largest absolute Gasteiger partial charge is 0.477 e. The van der Waals surface area contributed by atoms with Gasteiger partial charge in [0.1, 0.15) is 0 Å². The molecule has 0 unspecified atom stereocenters. The Bertz CT molecular complexity index is 504. The van der Waals surface area contributed by atoms with Crippen molar-refractivity contribution in [2.24, 2.45) is 4.99 Å². The Morgan fingerprint density at radius 3 is 2.75 bits per heavy atom. The van der Waals surface area contributed by atoms with Crippen LogP contribution in [0.5, 0.6) is 5.88 Å². The normalized spacial score (nSPS) is 12.1.